The normalized spacial score (nSPS) is 18.7. The molecule has 0 fully saturated rings. The predicted molar refractivity (Wildman–Crippen MR) is 81.4 cm³/mol. The monoisotopic (exact) mass is 265 g/mol. The SMILES string of the molecule is CC(NCC(C)C(C)C)c1cc2c(s1)CCCC2. The van der Waals surface area contributed by atoms with Crippen LogP contribution in [0.25, 0.3) is 0 Å². The zero-order chi connectivity index (χ0) is 13.1. The van der Waals surface area contributed by atoms with Gasteiger partial charge in [0.05, 0.1) is 0 Å². The van der Waals surface area contributed by atoms with Crippen molar-refractivity contribution >= 4 is 11.3 Å². The molecule has 0 spiro atoms. The Kier molecular flexibility index (Phi) is 4.85. The van der Waals surface area contributed by atoms with E-state index in [1.54, 1.807) is 10.4 Å². The van der Waals surface area contributed by atoms with Crippen molar-refractivity contribution in [3.63, 3.8) is 0 Å². The first-order valence-corrected chi connectivity index (χ1v) is 8.24. The van der Waals surface area contributed by atoms with E-state index in [0.717, 1.165) is 18.4 Å². The van der Waals surface area contributed by atoms with Crippen molar-refractivity contribution in [1.82, 2.24) is 5.32 Å². The van der Waals surface area contributed by atoms with E-state index in [9.17, 15) is 0 Å². The van der Waals surface area contributed by atoms with Crippen LogP contribution in [0.4, 0.5) is 0 Å². The quantitative estimate of drug-likeness (QED) is 0.822. The first-order valence-electron chi connectivity index (χ1n) is 7.42. The van der Waals surface area contributed by atoms with E-state index in [0.29, 0.717) is 6.04 Å². The largest absolute Gasteiger partial charge is 0.309 e. The number of rotatable bonds is 5. The first-order chi connectivity index (χ1) is 8.58. The average Bonchev–Trinajstić information content (AvgIpc) is 2.79. The molecule has 0 bridgehead atoms. The molecular weight excluding hydrogens is 238 g/mol. The molecule has 1 nitrogen and oxygen atoms in total. The van der Waals surface area contributed by atoms with E-state index in [1.807, 2.05) is 11.3 Å². The number of thiophene rings is 1. The lowest BCUT2D eigenvalue weighted by Gasteiger charge is -2.19. The Bertz CT molecular complexity index is 357. The Labute approximate surface area is 116 Å². The maximum Gasteiger partial charge on any atom is 0.0386 e. The summed E-state index contributed by atoms with van der Waals surface area (Å²) in [6, 6.07) is 2.97. The third-order valence-corrected chi connectivity index (χ3v) is 5.75. The molecule has 0 radical (unpaired) electrons. The number of fused-ring (bicyclic) bond motifs is 1. The van der Waals surface area contributed by atoms with Crippen molar-refractivity contribution in [1.29, 1.82) is 0 Å². The third kappa shape index (κ3) is 3.36. The van der Waals surface area contributed by atoms with E-state index in [-0.39, 0.29) is 0 Å². The molecule has 1 N–H and O–H groups in total. The maximum absolute atomic E-state index is 3.70. The van der Waals surface area contributed by atoms with Crippen LogP contribution < -0.4 is 5.32 Å². The standard InChI is InChI=1S/C16H27NS/c1-11(2)12(3)10-17-13(4)16-9-14-7-5-6-8-15(14)18-16/h9,11-13,17H,5-8,10H2,1-4H3. The molecule has 2 heteroatoms. The first kappa shape index (κ1) is 14.1. The lowest BCUT2D eigenvalue weighted by molar-refractivity contribution is 0.377. The van der Waals surface area contributed by atoms with Crippen molar-refractivity contribution in [3.8, 4) is 0 Å². The van der Waals surface area contributed by atoms with Crippen LogP contribution in [0, 0.1) is 11.8 Å². The Balaban J connectivity index is 1.92. The van der Waals surface area contributed by atoms with Gasteiger partial charge < -0.3 is 5.32 Å². The smallest absolute Gasteiger partial charge is 0.0386 e. The predicted octanol–water partition coefficient (Wildman–Crippen LogP) is 4.57. The summed E-state index contributed by atoms with van der Waals surface area (Å²) in [5.74, 6) is 1.52. The molecule has 1 aromatic rings. The summed E-state index contributed by atoms with van der Waals surface area (Å²) in [6.07, 6.45) is 5.39. The molecular formula is C16H27NS. The Hall–Kier alpha value is -0.340. The Morgan fingerprint density at radius 1 is 1.17 bits per heavy atom. The second kappa shape index (κ2) is 6.21. The van der Waals surface area contributed by atoms with Gasteiger partial charge in [0, 0.05) is 15.8 Å². The maximum atomic E-state index is 3.70. The van der Waals surface area contributed by atoms with Gasteiger partial charge in [-0.25, -0.2) is 0 Å². The van der Waals surface area contributed by atoms with Gasteiger partial charge in [0.15, 0.2) is 0 Å². The summed E-state index contributed by atoms with van der Waals surface area (Å²) in [5, 5.41) is 3.70. The Morgan fingerprint density at radius 2 is 1.89 bits per heavy atom. The van der Waals surface area contributed by atoms with Crippen molar-refractivity contribution in [3.05, 3.63) is 21.4 Å². The van der Waals surface area contributed by atoms with Gasteiger partial charge in [-0.05, 0) is 62.6 Å². The molecule has 2 atom stereocenters. The lowest BCUT2D eigenvalue weighted by Crippen LogP contribution is -2.26. The van der Waals surface area contributed by atoms with E-state index in [4.69, 9.17) is 0 Å². The topological polar surface area (TPSA) is 12.0 Å². The van der Waals surface area contributed by atoms with Gasteiger partial charge in [-0.1, -0.05) is 20.8 Å². The molecule has 0 saturated heterocycles. The second-order valence-corrected chi connectivity index (χ2v) is 7.32. The zero-order valence-corrected chi connectivity index (χ0v) is 13.1. The molecule has 1 aliphatic carbocycles. The number of hydrogen-bond donors (Lipinski definition) is 1. The molecule has 1 aliphatic rings. The molecule has 1 aromatic heterocycles. The number of hydrogen-bond acceptors (Lipinski definition) is 2. The zero-order valence-electron chi connectivity index (χ0n) is 12.3. The van der Waals surface area contributed by atoms with E-state index >= 15 is 0 Å². The van der Waals surface area contributed by atoms with Crippen LogP contribution >= 0.6 is 11.3 Å². The van der Waals surface area contributed by atoms with Gasteiger partial charge in [-0.3, -0.25) is 0 Å². The highest BCUT2D eigenvalue weighted by molar-refractivity contribution is 7.12. The fourth-order valence-electron chi connectivity index (χ4n) is 2.43. The molecule has 2 rings (SSSR count). The summed E-state index contributed by atoms with van der Waals surface area (Å²) in [5.41, 5.74) is 1.63. The van der Waals surface area contributed by atoms with Crippen molar-refractivity contribution < 1.29 is 0 Å². The van der Waals surface area contributed by atoms with Gasteiger partial charge in [0.1, 0.15) is 0 Å². The van der Waals surface area contributed by atoms with Gasteiger partial charge in [0.2, 0.25) is 0 Å². The van der Waals surface area contributed by atoms with Crippen LogP contribution in [0.3, 0.4) is 0 Å². The van der Waals surface area contributed by atoms with Gasteiger partial charge in [-0.15, -0.1) is 11.3 Å². The van der Waals surface area contributed by atoms with Gasteiger partial charge in [-0.2, -0.15) is 0 Å². The molecule has 0 aromatic carbocycles. The van der Waals surface area contributed by atoms with Crippen LogP contribution in [-0.4, -0.2) is 6.54 Å². The molecule has 0 aliphatic heterocycles. The second-order valence-electron chi connectivity index (χ2n) is 6.16. The number of aryl methyl sites for hydroxylation is 2. The van der Waals surface area contributed by atoms with Gasteiger partial charge in [0.25, 0.3) is 0 Å². The fourth-order valence-corrected chi connectivity index (χ4v) is 3.71. The van der Waals surface area contributed by atoms with Crippen molar-refractivity contribution in [2.45, 2.75) is 59.4 Å². The fraction of sp³-hybridized carbons (Fsp3) is 0.750. The summed E-state index contributed by atoms with van der Waals surface area (Å²) >= 11 is 2.04. The van der Waals surface area contributed by atoms with Gasteiger partial charge >= 0.3 is 0 Å². The molecule has 18 heavy (non-hydrogen) atoms. The van der Waals surface area contributed by atoms with E-state index < -0.39 is 0 Å². The average molecular weight is 265 g/mol. The van der Waals surface area contributed by atoms with Crippen molar-refractivity contribution in [2.75, 3.05) is 6.54 Å². The highest BCUT2D eigenvalue weighted by Gasteiger charge is 2.17. The van der Waals surface area contributed by atoms with Crippen LogP contribution in [0.5, 0.6) is 0 Å². The van der Waals surface area contributed by atoms with Crippen LogP contribution in [-0.2, 0) is 12.8 Å². The molecule has 2 unspecified atom stereocenters. The summed E-state index contributed by atoms with van der Waals surface area (Å²) < 4.78 is 0. The van der Waals surface area contributed by atoms with Crippen LogP contribution in [0.15, 0.2) is 6.07 Å². The summed E-state index contributed by atoms with van der Waals surface area (Å²) in [7, 11) is 0. The minimum absolute atomic E-state index is 0.516. The highest BCUT2D eigenvalue weighted by atomic mass is 32.1. The summed E-state index contributed by atoms with van der Waals surface area (Å²) in [6.45, 7) is 10.4. The molecule has 102 valence electrons. The van der Waals surface area contributed by atoms with E-state index in [2.05, 4.69) is 39.1 Å². The van der Waals surface area contributed by atoms with Crippen LogP contribution in [0.2, 0.25) is 0 Å². The third-order valence-electron chi connectivity index (χ3n) is 4.33. The van der Waals surface area contributed by atoms with Crippen molar-refractivity contribution in [2.24, 2.45) is 11.8 Å². The van der Waals surface area contributed by atoms with E-state index in [1.165, 1.54) is 30.6 Å². The minimum atomic E-state index is 0.516. The number of nitrogens with one attached hydrogen (secondary N) is 1. The van der Waals surface area contributed by atoms with Crippen LogP contribution in [0.1, 0.15) is 61.9 Å². The molecule has 0 amide bonds. The Morgan fingerprint density at radius 3 is 2.56 bits per heavy atom. The summed E-state index contributed by atoms with van der Waals surface area (Å²) in [4.78, 5) is 3.19. The molecule has 1 heterocycles. The highest BCUT2D eigenvalue weighted by Crippen LogP contribution is 2.32. The minimum Gasteiger partial charge on any atom is -0.309 e. The molecule has 0 saturated carbocycles. The lowest BCUT2D eigenvalue weighted by atomic mass is 9.97.